The highest BCUT2D eigenvalue weighted by Crippen LogP contribution is 2.36. The molecule has 1 unspecified atom stereocenters. The standard InChI is InChI=1S/C13H12ClF3N2/c1-7(18)4-10-3-2-8-5-9(14)6-11(12(8)19-10)13(15,16)17/h2-3,5-7H,4,18H2,1H3. The Hall–Kier alpha value is -1.33. The van der Waals surface area contributed by atoms with E-state index in [1.54, 1.807) is 19.1 Å². The third kappa shape index (κ3) is 3.16. The number of halogens is 4. The molecule has 0 aliphatic carbocycles. The van der Waals surface area contributed by atoms with Gasteiger partial charge < -0.3 is 5.73 Å². The zero-order valence-corrected chi connectivity index (χ0v) is 10.9. The van der Waals surface area contributed by atoms with E-state index in [-0.39, 0.29) is 16.6 Å². The first-order valence-corrected chi connectivity index (χ1v) is 6.07. The Morgan fingerprint density at radius 2 is 2.00 bits per heavy atom. The highest BCUT2D eigenvalue weighted by atomic mass is 35.5. The number of benzene rings is 1. The topological polar surface area (TPSA) is 38.9 Å². The number of pyridine rings is 1. The molecule has 1 heterocycles. The van der Waals surface area contributed by atoms with Gasteiger partial charge in [-0.1, -0.05) is 17.7 Å². The summed E-state index contributed by atoms with van der Waals surface area (Å²) in [5, 5.41) is 0.412. The molecule has 0 saturated carbocycles. The van der Waals surface area contributed by atoms with Gasteiger partial charge in [-0.2, -0.15) is 13.2 Å². The van der Waals surface area contributed by atoms with Gasteiger partial charge in [-0.3, -0.25) is 4.98 Å². The van der Waals surface area contributed by atoms with Crippen molar-refractivity contribution < 1.29 is 13.2 Å². The normalized spacial score (nSPS) is 13.8. The van der Waals surface area contributed by atoms with Gasteiger partial charge >= 0.3 is 6.18 Å². The zero-order valence-electron chi connectivity index (χ0n) is 10.1. The minimum absolute atomic E-state index is 0.0431. The van der Waals surface area contributed by atoms with Crippen molar-refractivity contribution in [3.05, 3.63) is 40.5 Å². The monoisotopic (exact) mass is 288 g/mol. The zero-order chi connectivity index (χ0) is 14.2. The largest absolute Gasteiger partial charge is 0.418 e. The predicted molar refractivity (Wildman–Crippen MR) is 69.1 cm³/mol. The number of nitrogens with two attached hydrogens (primary N) is 1. The van der Waals surface area contributed by atoms with Crippen molar-refractivity contribution in [1.82, 2.24) is 4.98 Å². The number of hydrogen-bond acceptors (Lipinski definition) is 2. The molecular formula is C13H12ClF3N2. The number of aromatic nitrogens is 1. The molecule has 0 bridgehead atoms. The molecule has 0 amide bonds. The Morgan fingerprint density at radius 3 is 2.58 bits per heavy atom. The highest BCUT2D eigenvalue weighted by molar-refractivity contribution is 6.31. The average molecular weight is 289 g/mol. The molecule has 2 nitrogen and oxygen atoms in total. The van der Waals surface area contributed by atoms with Crippen LogP contribution in [0, 0.1) is 0 Å². The Bertz CT molecular complexity index is 609. The number of fused-ring (bicyclic) bond motifs is 1. The van der Waals surface area contributed by atoms with Gasteiger partial charge in [0.05, 0.1) is 11.1 Å². The van der Waals surface area contributed by atoms with E-state index >= 15 is 0 Å². The van der Waals surface area contributed by atoms with Gasteiger partial charge in [0.25, 0.3) is 0 Å². The molecule has 0 fully saturated rings. The Balaban J connectivity index is 2.65. The van der Waals surface area contributed by atoms with Crippen LogP contribution in [-0.2, 0) is 12.6 Å². The fourth-order valence-corrected chi connectivity index (χ4v) is 2.13. The van der Waals surface area contributed by atoms with E-state index in [1.165, 1.54) is 6.07 Å². The molecule has 0 radical (unpaired) electrons. The first kappa shape index (κ1) is 14.1. The molecule has 0 aliphatic rings. The molecule has 0 aliphatic heterocycles. The van der Waals surface area contributed by atoms with Crippen LogP contribution in [-0.4, -0.2) is 11.0 Å². The van der Waals surface area contributed by atoms with Crippen molar-refractivity contribution in [2.75, 3.05) is 0 Å². The van der Waals surface area contributed by atoms with Crippen LogP contribution in [0.4, 0.5) is 13.2 Å². The lowest BCUT2D eigenvalue weighted by Crippen LogP contribution is -2.18. The van der Waals surface area contributed by atoms with Crippen LogP contribution in [0.15, 0.2) is 24.3 Å². The molecule has 2 rings (SSSR count). The third-order valence-corrected chi connectivity index (χ3v) is 2.87. The Kier molecular flexibility index (Phi) is 3.69. The predicted octanol–water partition coefficient (Wildman–Crippen LogP) is 3.80. The van der Waals surface area contributed by atoms with E-state index in [2.05, 4.69) is 4.98 Å². The van der Waals surface area contributed by atoms with Gasteiger partial charge in [-0.15, -0.1) is 0 Å². The lowest BCUT2D eigenvalue weighted by Gasteiger charge is -2.12. The minimum atomic E-state index is -4.48. The number of alkyl halides is 3. The van der Waals surface area contributed by atoms with E-state index in [0.29, 0.717) is 17.5 Å². The van der Waals surface area contributed by atoms with Crippen LogP contribution in [0.1, 0.15) is 18.2 Å². The Labute approximate surface area is 113 Å². The quantitative estimate of drug-likeness (QED) is 0.913. The number of rotatable bonds is 2. The van der Waals surface area contributed by atoms with Crippen LogP contribution in [0.2, 0.25) is 5.02 Å². The van der Waals surface area contributed by atoms with Crippen molar-refractivity contribution in [2.45, 2.75) is 25.6 Å². The maximum atomic E-state index is 13.0. The molecule has 1 aromatic carbocycles. The molecule has 1 atom stereocenters. The maximum Gasteiger partial charge on any atom is 0.418 e. The van der Waals surface area contributed by atoms with Crippen LogP contribution < -0.4 is 5.73 Å². The molecule has 2 N–H and O–H groups in total. The third-order valence-electron chi connectivity index (χ3n) is 2.65. The molecule has 2 aromatic rings. The lowest BCUT2D eigenvalue weighted by atomic mass is 10.1. The molecular weight excluding hydrogens is 277 g/mol. The average Bonchev–Trinajstić information content (AvgIpc) is 2.26. The second kappa shape index (κ2) is 4.98. The molecule has 102 valence electrons. The Morgan fingerprint density at radius 1 is 1.32 bits per heavy atom. The second-order valence-corrected chi connectivity index (χ2v) is 4.94. The lowest BCUT2D eigenvalue weighted by molar-refractivity contribution is -0.136. The van der Waals surface area contributed by atoms with Crippen LogP contribution in [0.3, 0.4) is 0 Å². The molecule has 0 saturated heterocycles. The maximum absolute atomic E-state index is 13.0. The summed E-state index contributed by atoms with van der Waals surface area (Å²) in [6, 6.07) is 5.46. The second-order valence-electron chi connectivity index (χ2n) is 4.51. The summed E-state index contributed by atoms with van der Waals surface area (Å²) in [6.45, 7) is 1.78. The SMILES string of the molecule is CC(N)Cc1ccc2cc(Cl)cc(C(F)(F)F)c2n1. The first-order valence-electron chi connectivity index (χ1n) is 5.69. The molecule has 6 heteroatoms. The molecule has 19 heavy (non-hydrogen) atoms. The minimum Gasteiger partial charge on any atom is -0.328 e. The van der Waals surface area contributed by atoms with Crippen molar-refractivity contribution >= 4 is 22.5 Å². The van der Waals surface area contributed by atoms with E-state index in [9.17, 15) is 13.2 Å². The van der Waals surface area contributed by atoms with Crippen molar-refractivity contribution in [2.24, 2.45) is 5.73 Å². The van der Waals surface area contributed by atoms with Crippen molar-refractivity contribution in [3.63, 3.8) is 0 Å². The van der Waals surface area contributed by atoms with Gasteiger partial charge in [0.1, 0.15) is 0 Å². The van der Waals surface area contributed by atoms with Gasteiger partial charge in [-0.05, 0) is 25.1 Å². The van der Waals surface area contributed by atoms with Gasteiger partial charge in [0.2, 0.25) is 0 Å². The number of hydrogen-bond donors (Lipinski definition) is 1. The van der Waals surface area contributed by atoms with Gasteiger partial charge in [0, 0.05) is 28.6 Å². The van der Waals surface area contributed by atoms with E-state index in [0.717, 1.165) is 6.07 Å². The van der Waals surface area contributed by atoms with Crippen LogP contribution >= 0.6 is 11.6 Å². The van der Waals surface area contributed by atoms with E-state index < -0.39 is 11.7 Å². The summed E-state index contributed by atoms with van der Waals surface area (Å²) < 4.78 is 38.9. The van der Waals surface area contributed by atoms with Crippen LogP contribution in [0.25, 0.3) is 10.9 Å². The highest BCUT2D eigenvalue weighted by Gasteiger charge is 2.33. The summed E-state index contributed by atoms with van der Waals surface area (Å²) in [5.41, 5.74) is 5.26. The van der Waals surface area contributed by atoms with Crippen LogP contribution in [0.5, 0.6) is 0 Å². The fourth-order valence-electron chi connectivity index (χ4n) is 1.90. The van der Waals surface area contributed by atoms with Crippen molar-refractivity contribution in [3.8, 4) is 0 Å². The summed E-state index contributed by atoms with van der Waals surface area (Å²) in [4.78, 5) is 4.06. The van der Waals surface area contributed by atoms with Gasteiger partial charge in [0.15, 0.2) is 0 Å². The fraction of sp³-hybridized carbons (Fsp3) is 0.308. The van der Waals surface area contributed by atoms with Gasteiger partial charge in [-0.25, -0.2) is 0 Å². The summed E-state index contributed by atoms with van der Waals surface area (Å²) in [6.07, 6.45) is -4.06. The molecule has 0 spiro atoms. The van der Waals surface area contributed by atoms with Crippen molar-refractivity contribution in [1.29, 1.82) is 0 Å². The first-order chi connectivity index (χ1) is 8.77. The molecule has 1 aromatic heterocycles. The summed E-state index contributed by atoms with van der Waals surface area (Å²) in [7, 11) is 0. The van der Waals surface area contributed by atoms with E-state index in [1.807, 2.05) is 0 Å². The smallest absolute Gasteiger partial charge is 0.328 e. The summed E-state index contributed by atoms with van der Waals surface area (Å²) >= 11 is 5.71. The number of nitrogens with zero attached hydrogens (tertiary/aromatic N) is 1. The van der Waals surface area contributed by atoms with E-state index in [4.69, 9.17) is 17.3 Å². The summed E-state index contributed by atoms with van der Waals surface area (Å²) in [5.74, 6) is 0.